The van der Waals surface area contributed by atoms with Crippen LogP contribution in [-0.4, -0.2) is 5.75 Å². The lowest BCUT2D eigenvalue weighted by atomic mass is 10.2. The minimum atomic E-state index is -0.201. The van der Waals surface area contributed by atoms with Gasteiger partial charge < -0.3 is 5.73 Å². The van der Waals surface area contributed by atoms with E-state index in [9.17, 15) is 4.39 Å². The van der Waals surface area contributed by atoms with Gasteiger partial charge in [-0.2, -0.15) is 11.8 Å². The Balaban J connectivity index is 2.33. The van der Waals surface area contributed by atoms with E-state index in [1.54, 1.807) is 6.07 Å². The van der Waals surface area contributed by atoms with Gasteiger partial charge in [-0.1, -0.05) is 19.8 Å². The van der Waals surface area contributed by atoms with Crippen molar-refractivity contribution in [1.29, 1.82) is 0 Å². The maximum atomic E-state index is 12.9. The van der Waals surface area contributed by atoms with Gasteiger partial charge in [-0.25, -0.2) is 4.39 Å². The lowest BCUT2D eigenvalue weighted by Gasteiger charge is -2.05. The van der Waals surface area contributed by atoms with Gasteiger partial charge in [-0.05, 0) is 35.9 Å². The van der Waals surface area contributed by atoms with Gasteiger partial charge in [0.05, 0.1) is 0 Å². The maximum absolute atomic E-state index is 12.9. The first-order valence-corrected chi connectivity index (χ1v) is 6.51. The molecule has 0 saturated carbocycles. The second kappa shape index (κ2) is 6.72. The molecule has 2 N–H and O–H groups in total. The van der Waals surface area contributed by atoms with Gasteiger partial charge in [-0.15, -0.1) is 0 Å². The van der Waals surface area contributed by atoms with E-state index < -0.39 is 0 Å². The van der Waals surface area contributed by atoms with Crippen LogP contribution in [0.2, 0.25) is 0 Å². The molecule has 0 atom stereocenters. The molecule has 84 valence electrons. The van der Waals surface area contributed by atoms with E-state index in [2.05, 4.69) is 6.92 Å². The molecular weight excluding hydrogens is 209 g/mol. The molecule has 0 aromatic heterocycles. The number of anilines is 1. The van der Waals surface area contributed by atoms with E-state index in [1.807, 2.05) is 11.8 Å². The van der Waals surface area contributed by atoms with Gasteiger partial charge in [0.2, 0.25) is 0 Å². The van der Waals surface area contributed by atoms with Crippen molar-refractivity contribution in [2.24, 2.45) is 0 Å². The summed E-state index contributed by atoms with van der Waals surface area (Å²) in [5, 5.41) is 0. The predicted molar refractivity (Wildman–Crippen MR) is 66.5 cm³/mol. The van der Waals surface area contributed by atoms with Crippen molar-refractivity contribution in [3.05, 3.63) is 29.6 Å². The zero-order valence-electron chi connectivity index (χ0n) is 9.13. The van der Waals surface area contributed by atoms with Crippen LogP contribution in [0, 0.1) is 5.82 Å². The molecule has 0 saturated heterocycles. The maximum Gasteiger partial charge on any atom is 0.123 e. The van der Waals surface area contributed by atoms with Gasteiger partial charge in [0, 0.05) is 11.4 Å². The fourth-order valence-corrected chi connectivity index (χ4v) is 2.36. The lowest BCUT2D eigenvalue weighted by Crippen LogP contribution is -1.94. The van der Waals surface area contributed by atoms with Gasteiger partial charge in [0.15, 0.2) is 0 Å². The zero-order valence-corrected chi connectivity index (χ0v) is 9.95. The highest BCUT2D eigenvalue weighted by Gasteiger charge is 2.01. The number of benzene rings is 1. The standard InChI is InChI=1S/C12H18FNS/c1-2-3-4-7-15-9-10-8-11(13)5-6-12(10)14/h5-6,8H,2-4,7,9,14H2,1H3. The van der Waals surface area contributed by atoms with Crippen LogP contribution < -0.4 is 5.73 Å². The highest BCUT2D eigenvalue weighted by molar-refractivity contribution is 7.98. The van der Waals surface area contributed by atoms with E-state index >= 15 is 0 Å². The summed E-state index contributed by atoms with van der Waals surface area (Å²) in [4.78, 5) is 0. The van der Waals surface area contributed by atoms with E-state index in [-0.39, 0.29) is 5.82 Å². The number of thioether (sulfide) groups is 1. The smallest absolute Gasteiger partial charge is 0.123 e. The molecule has 0 bridgehead atoms. The first-order chi connectivity index (χ1) is 7.24. The normalized spacial score (nSPS) is 10.5. The third-order valence-corrected chi connectivity index (χ3v) is 3.35. The van der Waals surface area contributed by atoms with Gasteiger partial charge >= 0.3 is 0 Å². The van der Waals surface area contributed by atoms with Gasteiger partial charge in [0.25, 0.3) is 0 Å². The summed E-state index contributed by atoms with van der Waals surface area (Å²) in [5.41, 5.74) is 7.36. The van der Waals surface area contributed by atoms with Crippen LogP contribution in [-0.2, 0) is 5.75 Å². The first-order valence-electron chi connectivity index (χ1n) is 5.35. The van der Waals surface area contributed by atoms with Gasteiger partial charge in [0.1, 0.15) is 5.82 Å². The third-order valence-electron chi connectivity index (χ3n) is 2.25. The number of rotatable bonds is 6. The van der Waals surface area contributed by atoms with Gasteiger partial charge in [-0.3, -0.25) is 0 Å². The second-order valence-electron chi connectivity index (χ2n) is 3.60. The Morgan fingerprint density at radius 3 is 2.87 bits per heavy atom. The molecule has 0 aliphatic heterocycles. The Kier molecular flexibility index (Phi) is 5.54. The molecule has 3 heteroatoms. The SMILES string of the molecule is CCCCCSCc1cc(F)ccc1N. The van der Waals surface area contributed by atoms with Crippen LogP contribution in [0.15, 0.2) is 18.2 Å². The largest absolute Gasteiger partial charge is 0.398 e. The van der Waals surface area contributed by atoms with Crippen LogP contribution in [0.5, 0.6) is 0 Å². The molecule has 15 heavy (non-hydrogen) atoms. The van der Waals surface area contributed by atoms with Crippen LogP contribution in [0.25, 0.3) is 0 Å². The van der Waals surface area contributed by atoms with Crippen molar-refractivity contribution in [2.75, 3.05) is 11.5 Å². The topological polar surface area (TPSA) is 26.0 Å². The van der Waals surface area contributed by atoms with E-state index in [0.717, 1.165) is 17.1 Å². The van der Waals surface area contributed by atoms with Crippen molar-refractivity contribution in [1.82, 2.24) is 0 Å². The van der Waals surface area contributed by atoms with Crippen molar-refractivity contribution in [2.45, 2.75) is 31.9 Å². The number of unbranched alkanes of at least 4 members (excludes halogenated alkanes) is 2. The average Bonchev–Trinajstić information content (AvgIpc) is 2.23. The number of halogens is 1. The summed E-state index contributed by atoms with van der Waals surface area (Å²) in [6.07, 6.45) is 3.74. The van der Waals surface area contributed by atoms with E-state index in [4.69, 9.17) is 5.73 Å². The minimum absolute atomic E-state index is 0.201. The molecule has 1 rings (SSSR count). The molecule has 0 amide bonds. The van der Waals surface area contributed by atoms with E-state index in [1.165, 1.54) is 31.4 Å². The molecule has 0 heterocycles. The summed E-state index contributed by atoms with van der Waals surface area (Å²) in [6, 6.07) is 4.57. The molecule has 1 aromatic rings. The summed E-state index contributed by atoms with van der Waals surface area (Å²) in [6.45, 7) is 2.19. The Hall–Kier alpha value is -0.700. The van der Waals surface area contributed by atoms with E-state index in [0.29, 0.717) is 5.69 Å². The average molecular weight is 227 g/mol. The molecule has 0 fully saturated rings. The predicted octanol–water partition coefficient (Wildman–Crippen LogP) is 3.83. The highest BCUT2D eigenvalue weighted by Crippen LogP contribution is 2.20. The quantitative estimate of drug-likeness (QED) is 0.590. The van der Waals surface area contributed by atoms with Crippen molar-refractivity contribution in [3.63, 3.8) is 0 Å². The Morgan fingerprint density at radius 2 is 2.13 bits per heavy atom. The lowest BCUT2D eigenvalue weighted by molar-refractivity contribution is 0.627. The molecule has 1 nitrogen and oxygen atoms in total. The van der Waals surface area contributed by atoms with Crippen molar-refractivity contribution < 1.29 is 4.39 Å². The number of nitrogen functional groups attached to an aromatic ring is 1. The monoisotopic (exact) mass is 227 g/mol. The number of hydrogen-bond acceptors (Lipinski definition) is 2. The Morgan fingerprint density at radius 1 is 1.33 bits per heavy atom. The summed E-state index contributed by atoms with van der Waals surface area (Å²) < 4.78 is 12.9. The van der Waals surface area contributed by atoms with Crippen LogP contribution in [0.1, 0.15) is 31.7 Å². The highest BCUT2D eigenvalue weighted by atomic mass is 32.2. The molecule has 0 unspecified atom stereocenters. The fourth-order valence-electron chi connectivity index (χ4n) is 1.34. The van der Waals surface area contributed by atoms with Crippen molar-refractivity contribution in [3.8, 4) is 0 Å². The van der Waals surface area contributed by atoms with Crippen LogP contribution in [0.3, 0.4) is 0 Å². The van der Waals surface area contributed by atoms with Crippen LogP contribution >= 0.6 is 11.8 Å². The molecule has 0 spiro atoms. The molecule has 0 radical (unpaired) electrons. The second-order valence-corrected chi connectivity index (χ2v) is 4.71. The summed E-state index contributed by atoms with van der Waals surface area (Å²) in [5.74, 6) is 1.74. The van der Waals surface area contributed by atoms with Crippen LogP contribution in [0.4, 0.5) is 10.1 Å². The molecule has 1 aromatic carbocycles. The Bertz CT molecular complexity index is 302. The number of nitrogens with two attached hydrogens (primary N) is 1. The third kappa shape index (κ3) is 4.56. The molecule has 0 aliphatic rings. The fraction of sp³-hybridized carbons (Fsp3) is 0.500. The molecule has 0 aliphatic carbocycles. The first kappa shape index (κ1) is 12.4. The minimum Gasteiger partial charge on any atom is -0.398 e. The Labute approximate surface area is 95.2 Å². The zero-order chi connectivity index (χ0) is 11.1. The summed E-state index contributed by atoms with van der Waals surface area (Å²) >= 11 is 1.82. The molecular formula is C12H18FNS. The summed E-state index contributed by atoms with van der Waals surface area (Å²) in [7, 11) is 0. The number of hydrogen-bond donors (Lipinski definition) is 1. The van der Waals surface area contributed by atoms with Crippen molar-refractivity contribution >= 4 is 17.4 Å².